The lowest BCUT2D eigenvalue weighted by Crippen LogP contribution is -2.36. The number of hydrogen-bond acceptors (Lipinski definition) is 3. The van der Waals surface area contributed by atoms with Crippen molar-refractivity contribution in [2.45, 2.75) is 26.7 Å². The molecule has 1 fully saturated rings. The summed E-state index contributed by atoms with van der Waals surface area (Å²) >= 11 is 5.36. The van der Waals surface area contributed by atoms with E-state index >= 15 is 0 Å². The molecule has 2 aromatic rings. The van der Waals surface area contributed by atoms with Crippen molar-refractivity contribution in [3.63, 3.8) is 0 Å². The fraction of sp³-hybridized carbons (Fsp3) is 0.333. The van der Waals surface area contributed by atoms with Gasteiger partial charge in [0.15, 0.2) is 5.11 Å². The van der Waals surface area contributed by atoms with Crippen molar-refractivity contribution in [2.75, 3.05) is 23.3 Å². The molecule has 4 nitrogen and oxygen atoms in total. The summed E-state index contributed by atoms with van der Waals surface area (Å²) in [7, 11) is 0. The summed E-state index contributed by atoms with van der Waals surface area (Å²) in [4.78, 5) is 14.7. The Morgan fingerprint density at radius 1 is 1.08 bits per heavy atom. The van der Waals surface area contributed by atoms with Gasteiger partial charge in [-0.1, -0.05) is 36.8 Å². The van der Waals surface area contributed by atoms with Crippen LogP contribution in [0.4, 0.5) is 11.4 Å². The van der Waals surface area contributed by atoms with Crippen molar-refractivity contribution in [1.82, 2.24) is 5.32 Å². The second-order valence-electron chi connectivity index (χ2n) is 6.96. The highest BCUT2D eigenvalue weighted by molar-refractivity contribution is 7.80. The Morgan fingerprint density at radius 3 is 2.42 bits per heavy atom. The first-order chi connectivity index (χ1) is 12.5. The highest BCUT2D eigenvalue weighted by atomic mass is 32.1. The number of rotatable bonds is 3. The lowest BCUT2D eigenvalue weighted by molar-refractivity contribution is 0.0977. The van der Waals surface area contributed by atoms with Crippen LogP contribution in [0.15, 0.2) is 48.5 Å². The number of anilines is 2. The van der Waals surface area contributed by atoms with E-state index in [0.717, 1.165) is 35.9 Å². The summed E-state index contributed by atoms with van der Waals surface area (Å²) in [6, 6.07) is 15.5. The molecule has 0 radical (unpaired) electrons. The Kier molecular flexibility index (Phi) is 5.89. The molecule has 1 aliphatic heterocycles. The molecule has 2 N–H and O–H groups in total. The third kappa shape index (κ3) is 4.61. The molecule has 1 aliphatic rings. The zero-order valence-electron chi connectivity index (χ0n) is 15.3. The first-order valence-electron chi connectivity index (χ1n) is 9.06. The van der Waals surface area contributed by atoms with Gasteiger partial charge in [-0.2, -0.15) is 0 Å². The number of hydrogen-bond donors (Lipinski definition) is 2. The molecule has 0 saturated carbocycles. The van der Waals surface area contributed by atoms with Crippen molar-refractivity contribution in [3.05, 3.63) is 59.7 Å². The van der Waals surface area contributed by atoms with Gasteiger partial charge in [-0.25, -0.2) is 0 Å². The summed E-state index contributed by atoms with van der Waals surface area (Å²) in [5.41, 5.74) is 3.77. The number of thiocarbonyl (C=S) groups is 1. The topological polar surface area (TPSA) is 44.4 Å². The predicted molar refractivity (Wildman–Crippen MR) is 112 cm³/mol. The molecule has 1 saturated heterocycles. The molecule has 136 valence electrons. The molecule has 1 heterocycles. The normalized spacial score (nSPS) is 14.8. The molecule has 0 unspecified atom stereocenters. The molecule has 3 rings (SSSR count). The average molecular weight is 368 g/mol. The van der Waals surface area contributed by atoms with Gasteiger partial charge in [0.05, 0.1) is 11.4 Å². The maximum absolute atomic E-state index is 12.3. The summed E-state index contributed by atoms with van der Waals surface area (Å²) in [6.45, 7) is 6.38. The van der Waals surface area contributed by atoms with Gasteiger partial charge in [-0.3, -0.25) is 10.1 Å². The lowest BCUT2D eigenvalue weighted by Gasteiger charge is -2.33. The van der Waals surface area contributed by atoms with Gasteiger partial charge in [0, 0.05) is 18.7 Å². The van der Waals surface area contributed by atoms with E-state index in [-0.39, 0.29) is 5.91 Å². The van der Waals surface area contributed by atoms with E-state index in [2.05, 4.69) is 28.5 Å². The highest BCUT2D eigenvalue weighted by Gasteiger charge is 2.18. The van der Waals surface area contributed by atoms with Gasteiger partial charge in [0.1, 0.15) is 0 Å². The van der Waals surface area contributed by atoms with Crippen molar-refractivity contribution in [2.24, 2.45) is 5.92 Å². The lowest BCUT2D eigenvalue weighted by atomic mass is 9.98. The maximum Gasteiger partial charge on any atom is 0.257 e. The van der Waals surface area contributed by atoms with Gasteiger partial charge in [-0.05, 0) is 62.2 Å². The van der Waals surface area contributed by atoms with Crippen LogP contribution in [-0.4, -0.2) is 24.1 Å². The van der Waals surface area contributed by atoms with Crippen LogP contribution in [-0.2, 0) is 0 Å². The van der Waals surface area contributed by atoms with E-state index in [0.29, 0.717) is 10.7 Å². The smallest absolute Gasteiger partial charge is 0.257 e. The summed E-state index contributed by atoms with van der Waals surface area (Å²) < 4.78 is 0. The van der Waals surface area contributed by atoms with Crippen LogP contribution in [0.25, 0.3) is 0 Å². The zero-order chi connectivity index (χ0) is 18.5. The summed E-state index contributed by atoms with van der Waals surface area (Å²) in [6.07, 6.45) is 2.39. The Bertz CT molecular complexity index is 780. The highest BCUT2D eigenvalue weighted by Crippen LogP contribution is 2.29. The number of piperidine rings is 1. The van der Waals surface area contributed by atoms with Crippen LogP contribution in [0, 0.1) is 12.8 Å². The van der Waals surface area contributed by atoms with Crippen LogP contribution in [0.3, 0.4) is 0 Å². The van der Waals surface area contributed by atoms with Gasteiger partial charge in [0.25, 0.3) is 5.91 Å². The van der Waals surface area contributed by atoms with Gasteiger partial charge in [-0.15, -0.1) is 0 Å². The summed E-state index contributed by atoms with van der Waals surface area (Å²) in [5, 5.41) is 6.27. The number of para-hydroxylation sites is 2. The van der Waals surface area contributed by atoms with Crippen LogP contribution in [0.5, 0.6) is 0 Å². The molecule has 1 amide bonds. The van der Waals surface area contributed by atoms with Crippen LogP contribution >= 0.6 is 12.2 Å². The molecule has 26 heavy (non-hydrogen) atoms. The van der Waals surface area contributed by atoms with Gasteiger partial charge in [0.2, 0.25) is 0 Å². The van der Waals surface area contributed by atoms with E-state index in [4.69, 9.17) is 12.2 Å². The second kappa shape index (κ2) is 8.32. The molecule has 0 aromatic heterocycles. The quantitative estimate of drug-likeness (QED) is 0.791. The molecular weight excluding hydrogens is 342 g/mol. The van der Waals surface area contributed by atoms with E-state index in [1.165, 1.54) is 12.8 Å². The molecule has 0 aliphatic carbocycles. The van der Waals surface area contributed by atoms with E-state index in [9.17, 15) is 4.79 Å². The van der Waals surface area contributed by atoms with Gasteiger partial charge < -0.3 is 10.2 Å². The first-order valence-corrected chi connectivity index (χ1v) is 9.47. The molecule has 0 spiro atoms. The Labute approximate surface area is 160 Å². The number of carbonyl (C=O) groups is 1. The largest absolute Gasteiger partial charge is 0.370 e. The molecular formula is C21H25N3OS. The van der Waals surface area contributed by atoms with Crippen molar-refractivity contribution in [3.8, 4) is 0 Å². The Balaban J connectivity index is 1.66. The molecule has 0 atom stereocenters. The van der Waals surface area contributed by atoms with Crippen LogP contribution in [0.1, 0.15) is 35.7 Å². The first kappa shape index (κ1) is 18.4. The Hall–Kier alpha value is -2.40. The third-order valence-corrected chi connectivity index (χ3v) is 5.02. The van der Waals surface area contributed by atoms with Crippen molar-refractivity contribution < 1.29 is 4.79 Å². The van der Waals surface area contributed by atoms with E-state index in [1.807, 2.05) is 37.3 Å². The summed E-state index contributed by atoms with van der Waals surface area (Å²) in [5.74, 6) is 0.577. The van der Waals surface area contributed by atoms with Crippen LogP contribution < -0.4 is 15.5 Å². The molecule has 2 aromatic carbocycles. The SMILES string of the molecule is Cc1ccc(C(=O)NC(=S)Nc2ccccc2N2CCC(C)CC2)cc1. The monoisotopic (exact) mass is 367 g/mol. The standard InChI is InChI=1S/C21H25N3OS/c1-15-7-9-17(10-8-15)20(25)23-21(26)22-18-5-3-4-6-19(18)24-13-11-16(2)12-14-24/h3-10,16H,11-14H2,1-2H3,(H2,22,23,25,26). The fourth-order valence-corrected chi connectivity index (χ4v) is 3.34. The fourth-order valence-electron chi connectivity index (χ4n) is 3.14. The minimum Gasteiger partial charge on any atom is -0.370 e. The van der Waals surface area contributed by atoms with E-state index in [1.54, 1.807) is 12.1 Å². The number of carbonyl (C=O) groups excluding carboxylic acids is 1. The zero-order valence-corrected chi connectivity index (χ0v) is 16.1. The minimum absolute atomic E-state index is 0.202. The van der Waals surface area contributed by atoms with Crippen molar-refractivity contribution >= 4 is 34.6 Å². The van der Waals surface area contributed by atoms with Gasteiger partial charge >= 0.3 is 0 Å². The molecule has 0 bridgehead atoms. The average Bonchev–Trinajstić information content (AvgIpc) is 2.63. The second-order valence-corrected chi connectivity index (χ2v) is 7.37. The number of amides is 1. The Morgan fingerprint density at radius 2 is 1.73 bits per heavy atom. The molecule has 5 heteroatoms. The number of nitrogens with zero attached hydrogens (tertiary/aromatic N) is 1. The predicted octanol–water partition coefficient (Wildman–Crippen LogP) is 4.36. The van der Waals surface area contributed by atoms with Crippen molar-refractivity contribution in [1.29, 1.82) is 0 Å². The number of aryl methyl sites for hydroxylation is 1. The number of nitrogens with one attached hydrogen (secondary N) is 2. The maximum atomic E-state index is 12.3. The van der Waals surface area contributed by atoms with Crippen LogP contribution in [0.2, 0.25) is 0 Å². The van der Waals surface area contributed by atoms with E-state index < -0.39 is 0 Å². The minimum atomic E-state index is -0.202. The third-order valence-electron chi connectivity index (χ3n) is 4.82. The number of benzene rings is 2.